The summed E-state index contributed by atoms with van der Waals surface area (Å²) in [7, 11) is 0. The molecule has 0 aromatic rings. The number of rotatable bonds is 2. The van der Waals surface area contributed by atoms with Crippen LogP contribution < -0.4 is 0 Å². The first-order valence-corrected chi connectivity index (χ1v) is 2.26. The summed E-state index contributed by atoms with van der Waals surface area (Å²) in [6, 6.07) is 0. The molecule has 0 saturated heterocycles. The van der Waals surface area contributed by atoms with Gasteiger partial charge in [0.2, 0.25) is 0 Å². The Kier molecular flexibility index (Phi) is 110. The van der Waals surface area contributed by atoms with Crippen LogP contribution in [-0.4, -0.2) is 46.9 Å². The topological polar surface area (TPSA) is 80.9 Å². The maximum atomic E-state index is 7.62. The first-order valence-electron chi connectivity index (χ1n) is 2.26. The van der Waals surface area contributed by atoms with Gasteiger partial charge in [-0.2, -0.15) is 0 Å². The third-order valence-corrected chi connectivity index (χ3v) is 0.200. The molecule has 7 heteroatoms. The predicted molar refractivity (Wildman–Crippen MR) is 28.3 cm³/mol. The van der Waals surface area contributed by atoms with Gasteiger partial charge in [-0.15, -0.1) is 0 Å². The summed E-state index contributed by atoms with van der Waals surface area (Å²) in [5.41, 5.74) is 0. The predicted octanol–water partition coefficient (Wildman–Crippen LogP) is -2.07. The Labute approximate surface area is 105 Å². The van der Waals surface area contributed by atoms with Crippen molar-refractivity contribution in [2.75, 3.05) is 26.4 Å². The zero-order valence-corrected chi connectivity index (χ0v) is 10.5. The molecule has 0 aromatic carbocycles. The van der Waals surface area contributed by atoms with Crippen LogP contribution in [0.2, 0.25) is 0 Å². The zero-order valence-electron chi connectivity index (χ0n) is 5.62. The molecule has 0 aliphatic carbocycles. The summed E-state index contributed by atoms with van der Waals surface area (Å²) in [5, 5.41) is 30.5. The van der Waals surface area contributed by atoms with Crippen molar-refractivity contribution in [2.24, 2.45) is 0 Å². The molecule has 79 valence electrons. The Morgan fingerprint density at radius 3 is 0.545 bits per heavy atom. The molecule has 3 radical (unpaired) electrons. The fraction of sp³-hybridized carbons (Fsp3) is 1.00. The van der Waals surface area contributed by atoms with Crippen molar-refractivity contribution in [1.29, 1.82) is 0 Å². The van der Waals surface area contributed by atoms with E-state index in [4.69, 9.17) is 20.4 Å². The molecule has 0 rings (SSSR count). The van der Waals surface area contributed by atoms with Gasteiger partial charge in [0.25, 0.3) is 0 Å². The third-order valence-electron chi connectivity index (χ3n) is 0.200. The van der Waals surface area contributed by atoms with Gasteiger partial charge in [-0.3, -0.25) is 0 Å². The minimum Gasteiger partial charge on any atom is -0.394 e. The van der Waals surface area contributed by atoms with E-state index >= 15 is 0 Å². The Balaban J connectivity index is -0.0000000171. The van der Waals surface area contributed by atoms with E-state index in [9.17, 15) is 0 Å². The third kappa shape index (κ3) is 80.2. The number of hydrogen-bond acceptors (Lipinski definition) is 4. The van der Waals surface area contributed by atoms with Crippen LogP contribution in [0.3, 0.4) is 0 Å². The second-order valence-corrected chi connectivity index (χ2v) is 0.894. The van der Waals surface area contributed by atoms with Crippen LogP contribution >= 0.6 is 0 Å². The first-order chi connectivity index (χ1) is 3.83. The standard InChI is InChI=1S/2C2H6O2.3Rh/c2*3-1-2-4;;;/h2*3-4H,1-2H2;;;. The van der Waals surface area contributed by atoms with Crippen LogP contribution in [0.1, 0.15) is 0 Å². The van der Waals surface area contributed by atoms with Crippen molar-refractivity contribution < 1.29 is 78.9 Å². The second-order valence-electron chi connectivity index (χ2n) is 0.894. The van der Waals surface area contributed by atoms with Gasteiger partial charge in [-0.05, 0) is 0 Å². The van der Waals surface area contributed by atoms with Crippen molar-refractivity contribution in [3.63, 3.8) is 0 Å². The Bertz CT molecular complexity index is 25.3. The van der Waals surface area contributed by atoms with Crippen molar-refractivity contribution in [2.45, 2.75) is 0 Å². The monoisotopic (exact) mass is 433 g/mol. The van der Waals surface area contributed by atoms with Crippen LogP contribution in [0, 0.1) is 0 Å². The molecule has 0 atom stereocenters. The largest absolute Gasteiger partial charge is 0.394 e. The van der Waals surface area contributed by atoms with Crippen LogP contribution in [-0.2, 0) is 58.4 Å². The molecule has 0 fully saturated rings. The van der Waals surface area contributed by atoms with Gasteiger partial charge in [0, 0.05) is 58.4 Å². The van der Waals surface area contributed by atoms with E-state index in [1.807, 2.05) is 0 Å². The van der Waals surface area contributed by atoms with Gasteiger partial charge in [0.05, 0.1) is 26.4 Å². The Morgan fingerprint density at radius 2 is 0.545 bits per heavy atom. The summed E-state index contributed by atoms with van der Waals surface area (Å²) in [4.78, 5) is 0. The molecular formula is C4H12O4Rh3. The number of aliphatic hydroxyl groups is 4. The summed E-state index contributed by atoms with van der Waals surface area (Å²) < 4.78 is 0. The molecule has 0 amide bonds. The first kappa shape index (κ1) is 29.3. The fourth-order valence-electron chi connectivity index (χ4n) is 0. The minimum atomic E-state index is -0.125. The van der Waals surface area contributed by atoms with Gasteiger partial charge in [0.15, 0.2) is 0 Å². The average Bonchev–Trinajstić information content (AvgIpc) is 1.88. The number of aliphatic hydroxyl groups excluding tert-OH is 4. The summed E-state index contributed by atoms with van der Waals surface area (Å²) in [6.07, 6.45) is 0. The van der Waals surface area contributed by atoms with E-state index in [-0.39, 0.29) is 84.9 Å². The van der Waals surface area contributed by atoms with Crippen LogP contribution in [0.15, 0.2) is 0 Å². The van der Waals surface area contributed by atoms with Crippen molar-refractivity contribution in [3.05, 3.63) is 0 Å². The summed E-state index contributed by atoms with van der Waals surface area (Å²) >= 11 is 0. The van der Waals surface area contributed by atoms with Crippen molar-refractivity contribution in [3.8, 4) is 0 Å². The molecular weight excluding hydrogens is 421 g/mol. The van der Waals surface area contributed by atoms with Crippen LogP contribution in [0.25, 0.3) is 0 Å². The van der Waals surface area contributed by atoms with Gasteiger partial charge < -0.3 is 20.4 Å². The normalized spacial score (nSPS) is 5.45. The summed E-state index contributed by atoms with van der Waals surface area (Å²) in [6.45, 7) is -0.500. The molecule has 0 bridgehead atoms. The van der Waals surface area contributed by atoms with E-state index in [1.165, 1.54) is 0 Å². The quantitative estimate of drug-likeness (QED) is 0.378. The van der Waals surface area contributed by atoms with Crippen molar-refractivity contribution >= 4 is 0 Å². The Hall–Kier alpha value is 1.71. The fourth-order valence-corrected chi connectivity index (χ4v) is 0. The molecule has 4 N–H and O–H groups in total. The maximum Gasteiger partial charge on any atom is 0.0662 e. The second kappa shape index (κ2) is 41.2. The molecule has 0 heterocycles. The van der Waals surface area contributed by atoms with E-state index in [1.54, 1.807) is 0 Å². The smallest absolute Gasteiger partial charge is 0.0662 e. The molecule has 0 aromatic heterocycles. The average molecular weight is 433 g/mol. The van der Waals surface area contributed by atoms with Crippen molar-refractivity contribution in [1.82, 2.24) is 0 Å². The van der Waals surface area contributed by atoms with Gasteiger partial charge >= 0.3 is 0 Å². The van der Waals surface area contributed by atoms with Gasteiger partial charge in [-0.25, -0.2) is 0 Å². The minimum absolute atomic E-state index is 0. The number of hydrogen-bond donors (Lipinski definition) is 4. The van der Waals surface area contributed by atoms with E-state index in [0.29, 0.717) is 0 Å². The van der Waals surface area contributed by atoms with E-state index in [0.717, 1.165) is 0 Å². The molecule has 11 heavy (non-hydrogen) atoms. The van der Waals surface area contributed by atoms with E-state index in [2.05, 4.69) is 0 Å². The molecule has 4 nitrogen and oxygen atoms in total. The SMILES string of the molecule is OCCO.OCCO.[Rh].[Rh].[Rh]. The van der Waals surface area contributed by atoms with Gasteiger partial charge in [-0.1, -0.05) is 0 Å². The summed E-state index contributed by atoms with van der Waals surface area (Å²) in [5.74, 6) is 0. The molecule has 0 unspecified atom stereocenters. The zero-order chi connectivity index (χ0) is 6.83. The maximum absolute atomic E-state index is 7.62. The van der Waals surface area contributed by atoms with Crippen LogP contribution in [0.4, 0.5) is 0 Å². The molecule has 0 spiro atoms. The molecule has 0 aliphatic heterocycles. The Morgan fingerprint density at radius 1 is 0.455 bits per heavy atom. The van der Waals surface area contributed by atoms with Gasteiger partial charge in [0.1, 0.15) is 0 Å². The molecule has 0 saturated carbocycles. The van der Waals surface area contributed by atoms with E-state index < -0.39 is 0 Å². The van der Waals surface area contributed by atoms with Crippen LogP contribution in [0.5, 0.6) is 0 Å². The molecule has 0 aliphatic rings.